The Bertz CT molecular complexity index is 1010. The van der Waals surface area contributed by atoms with E-state index in [1.165, 1.54) is 6.07 Å². The third kappa shape index (κ3) is 4.17. The van der Waals surface area contributed by atoms with Crippen LogP contribution in [-0.4, -0.2) is 35.4 Å². The minimum atomic E-state index is -0.213. The van der Waals surface area contributed by atoms with Gasteiger partial charge < -0.3 is 15.0 Å². The van der Waals surface area contributed by atoms with E-state index in [0.29, 0.717) is 18.0 Å². The number of ether oxygens (including phenoxy) is 1. The van der Waals surface area contributed by atoms with Crippen LogP contribution < -0.4 is 15.6 Å². The van der Waals surface area contributed by atoms with E-state index in [1.807, 2.05) is 24.3 Å². The second-order valence-corrected chi connectivity index (χ2v) is 6.70. The molecule has 4 rings (SSSR count). The number of fused-ring (bicyclic) bond motifs is 1. The summed E-state index contributed by atoms with van der Waals surface area (Å²) in [5.74, 6) is 1.09. The predicted octanol–water partition coefficient (Wildman–Crippen LogP) is 3.35. The molecule has 1 aromatic heterocycles. The quantitative estimate of drug-likeness (QED) is 0.729. The first-order valence-corrected chi connectivity index (χ1v) is 9.09. The van der Waals surface area contributed by atoms with Gasteiger partial charge in [0.25, 0.3) is 5.56 Å². The molecular weight excluding hydrogens is 342 g/mol. The average Bonchev–Trinajstić information content (AvgIpc) is 3.16. The minimum absolute atomic E-state index is 0.00819. The maximum Gasteiger partial charge on any atom is 0.252 e. The van der Waals surface area contributed by atoms with Crippen molar-refractivity contribution in [2.45, 2.75) is 12.8 Å². The van der Waals surface area contributed by atoms with E-state index in [-0.39, 0.29) is 11.5 Å². The van der Waals surface area contributed by atoms with Crippen LogP contribution in [0.4, 0.5) is 5.69 Å². The highest BCUT2D eigenvalue weighted by Crippen LogP contribution is 2.28. The standard InChI is InChI=1S/C21H21N3O3/c25-20-13-19(17-5-1-2-6-18(17)23-20)27-16-9-7-15(8-10-16)22-21(26)14-24-11-3-4-12-24/h1-2,5-10,13H,3-4,11-12,14H2,(H,22,26)(H,23,25). The van der Waals surface area contributed by atoms with Crippen LogP contribution in [0.5, 0.6) is 11.5 Å². The van der Waals surface area contributed by atoms with Gasteiger partial charge in [0, 0.05) is 17.1 Å². The molecule has 0 bridgehead atoms. The largest absolute Gasteiger partial charge is 0.456 e. The molecular formula is C21H21N3O3. The van der Waals surface area contributed by atoms with Crippen LogP contribution in [0, 0.1) is 0 Å². The lowest BCUT2D eigenvalue weighted by Gasteiger charge is -2.14. The number of likely N-dealkylation sites (tertiary alicyclic amines) is 1. The zero-order valence-electron chi connectivity index (χ0n) is 14.9. The van der Waals surface area contributed by atoms with Crippen molar-refractivity contribution in [2.75, 3.05) is 25.0 Å². The van der Waals surface area contributed by atoms with Gasteiger partial charge in [0.2, 0.25) is 5.91 Å². The molecule has 0 atom stereocenters. The van der Waals surface area contributed by atoms with Crippen molar-refractivity contribution in [3.8, 4) is 11.5 Å². The molecule has 1 aliphatic heterocycles. The van der Waals surface area contributed by atoms with Crippen molar-refractivity contribution in [3.63, 3.8) is 0 Å². The lowest BCUT2D eigenvalue weighted by Crippen LogP contribution is -2.30. The maximum atomic E-state index is 12.1. The average molecular weight is 363 g/mol. The number of rotatable bonds is 5. The van der Waals surface area contributed by atoms with Crippen molar-refractivity contribution in [1.82, 2.24) is 9.88 Å². The van der Waals surface area contributed by atoms with Crippen molar-refractivity contribution >= 4 is 22.5 Å². The molecule has 2 N–H and O–H groups in total. The molecule has 1 fully saturated rings. The van der Waals surface area contributed by atoms with Crippen LogP contribution >= 0.6 is 0 Å². The molecule has 0 aliphatic carbocycles. The van der Waals surface area contributed by atoms with Gasteiger partial charge in [0.05, 0.1) is 12.1 Å². The first-order chi connectivity index (χ1) is 13.2. The summed E-state index contributed by atoms with van der Waals surface area (Å²) in [5, 5.41) is 3.74. The summed E-state index contributed by atoms with van der Waals surface area (Å²) in [6.07, 6.45) is 2.33. The van der Waals surface area contributed by atoms with E-state index in [9.17, 15) is 9.59 Å². The number of nitrogens with zero attached hydrogens (tertiary/aromatic N) is 1. The second kappa shape index (κ2) is 7.63. The number of nitrogens with one attached hydrogen (secondary N) is 2. The van der Waals surface area contributed by atoms with E-state index in [4.69, 9.17) is 4.74 Å². The Morgan fingerprint density at radius 2 is 1.81 bits per heavy atom. The number of aromatic nitrogens is 1. The number of carbonyl (C=O) groups excluding carboxylic acids is 1. The number of anilines is 1. The zero-order valence-corrected chi connectivity index (χ0v) is 14.9. The minimum Gasteiger partial charge on any atom is -0.456 e. The number of carbonyl (C=O) groups is 1. The fourth-order valence-corrected chi connectivity index (χ4v) is 3.33. The number of benzene rings is 2. The Kier molecular flexibility index (Phi) is 4.89. The lowest BCUT2D eigenvalue weighted by molar-refractivity contribution is -0.117. The van der Waals surface area contributed by atoms with Crippen molar-refractivity contribution < 1.29 is 9.53 Å². The smallest absolute Gasteiger partial charge is 0.252 e. The molecule has 1 saturated heterocycles. The molecule has 138 valence electrons. The highest BCUT2D eigenvalue weighted by atomic mass is 16.5. The van der Waals surface area contributed by atoms with Gasteiger partial charge in [0.1, 0.15) is 11.5 Å². The molecule has 0 saturated carbocycles. The highest BCUT2D eigenvalue weighted by Gasteiger charge is 2.15. The summed E-state index contributed by atoms with van der Waals surface area (Å²) in [6.45, 7) is 2.41. The summed E-state index contributed by atoms with van der Waals surface area (Å²) < 4.78 is 5.90. The molecule has 1 amide bonds. The van der Waals surface area contributed by atoms with Gasteiger partial charge in [-0.15, -0.1) is 0 Å². The molecule has 2 heterocycles. The van der Waals surface area contributed by atoms with E-state index in [1.54, 1.807) is 24.3 Å². The Hall–Kier alpha value is -3.12. The van der Waals surface area contributed by atoms with Gasteiger partial charge in [0.15, 0.2) is 0 Å². The van der Waals surface area contributed by atoms with Crippen LogP contribution in [0.2, 0.25) is 0 Å². The summed E-state index contributed by atoms with van der Waals surface area (Å²) in [7, 11) is 0. The molecule has 3 aromatic rings. The maximum absolute atomic E-state index is 12.1. The van der Waals surface area contributed by atoms with Gasteiger partial charge >= 0.3 is 0 Å². The van der Waals surface area contributed by atoms with Crippen molar-refractivity contribution in [1.29, 1.82) is 0 Å². The molecule has 0 spiro atoms. The third-order valence-electron chi connectivity index (χ3n) is 4.64. The van der Waals surface area contributed by atoms with Crippen molar-refractivity contribution in [2.24, 2.45) is 0 Å². The molecule has 6 heteroatoms. The summed E-state index contributed by atoms with van der Waals surface area (Å²) in [5.41, 5.74) is 1.24. The molecule has 1 aliphatic rings. The highest BCUT2D eigenvalue weighted by molar-refractivity contribution is 5.92. The normalized spacial score (nSPS) is 14.4. The second-order valence-electron chi connectivity index (χ2n) is 6.70. The predicted molar refractivity (Wildman–Crippen MR) is 105 cm³/mol. The number of hydrogen-bond donors (Lipinski definition) is 2. The zero-order chi connectivity index (χ0) is 18.6. The van der Waals surface area contributed by atoms with Crippen LogP contribution in [-0.2, 0) is 4.79 Å². The summed E-state index contributed by atoms with van der Waals surface area (Å²) >= 11 is 0. The van der Waals surface area contributed by atoms with E-state index < -0.39 is 0 Å². The number of hydrogen-bond acceptors (Lipinski definition) is 4. The van der Waals surface area contributed by atoms with Crippen molar-refractivity contribution in [3.05, 3.63) is 65.0 Å². The first-order valence-electron chi connectivity index (χ1n) is 9.09. The van der Waals surface area contributed by atoms with Gasteiger partial charge in [-0.3, -0.25) is 14.5 Å². The first kappa shape index (κ1) is 17.3. The van der Waals surface area contributed by atoms with E-state index in [0.717, 1.165) is 42.5 Å². The molecule has 0 unspecified atom stereocenters. The number of aromatic amines is 1. The molecule has 27 heavy (non-hydrogen) atoms. The van der Waals surface area contributed by atoms with Crippen LogP contribution in [0.1, 0.15) is 12.8 Å². The Labute approximate surface area is 156 Å². The van der Waals surface area contributed by atoms with Crippen LogP contribution in [0.15, 0.2) is 59.4 Å². The molecule has 2 aromatic carbocycles. The Morgan fingerprint density at radius 3 is 2.59 bits per heavy atom. The number of pyridine rings is 1. The Balaban J connectivity index is 1.45. The van der Waals surface area contributed by atoms with Gasteiger partial charge in [-0.2, -0.15) is 0 Å². The fraction of sp³-hybridized carbons (Fsp3) is 0.238. The number of H-pyrrole nitrogens is 1. The monoisotopic (exact) mass is 363 g/mol. The summed E-state index contributed by atoms with van der Waals surface area (Å²) in [4.78, 5) is 28.9. The van der Waals surface area contributed by atoms with Crippen LogP contribution in [0.3, 0.4) is 0 Å². The topological polar surface area (TPSA) is 74.4 Å². The number of para-hydroxylation sites is 1. The SMILES string of the molecule is O=C(CN1CCCC1)Nc1ccc(Oc2cc(=O)[nH]c3ccccc23)cc1. The lowest BCUT2D eigenvalue weighted by atomic mass is 10.2. The third-order valence-corrected chi connectivity index (χ3v) is 4.64. The van der Waals surface area contributed by atoms with E-state index in [2.05, 4.69) is 15.2 Å². The molecule has 6 nitrogen and oxygen atoms in total. The van der Waals surface area contributed by atoms with Gasteiger partial charge in [-0.05, 0) is 62.3 Å². The van der Waals surface area contributed by atoms with Gasteiger partial charge in [-0.25, -0.2) is 0 Å². The number of amides is 1. The van der Waals surface area contributed by atoms with Gasteiger partial charge in [-0.1, -0.05) is 12.1 Å². The van der Waals surface area contributed by atoms with Crippen LogP contribution in [0.25, 0.3) is 10.9 Å². The summed E-state index contributed by atoms with van der Waals surface area (Å²) in [6, 6.07) is 16.1. The fourth-order valence-electron chi connectivity index (χ4n) is 3.33. The van der Waals surface area contributed by atoms with E-state index >= 15 is 0 Å². The molecule has 0 radical (unpaired) electrons. The Morgan fingerprint density at radius 1 is 1.07 bits per heavy atom.